The van der Waals surface area contributed by atoms with Gasteiger partial charge in [-0.2, -0.15) is 0 Å². The lowest BCUT2D eigenvalue weighted by molar-refractivity contribution is -0.131. The topological polar surface area (TPSA) is 32.3 Å². The van der Waals surface area contributed by atoms with E-state index in [9.17, 15) is 4.79 Å². The van der Waals surface area contributed by atoms with Gasteiger partial charge in [0.2, 0.25) is 5.91 Å². The number of likely N-dealkylation sites (N-methyl/N-ethyl adjacent to an activating group) is 1. The maximum Gasteiger partial charge on any atom is 0.239 e. The second-order valence-electron chi connectivity index (χ2n) is 6.37. The molecule has 1 aromatic rings. The summed E-state index contributed by atoms with van der Waals surface area (Å²) >= 11 is 0. The average Bonchev–Trinajstić information content (AvgIpc) is 2.80. The third-order valence-electron chi connectivity index (χ3n) is 3.98. The van der Waals surface area contributed by atoms with E-state index in [1.54, 1.807) is 4.90 Å². The molecule has 2 atom stereocenters. The van der Waals surface area contributed by atoms with Crippen molar-refractivity contribution in [3.05, 3.63) is 35.4 Å². The van der Waals surface area contributed by atoms with Crippen molar-refractivity contribution >= 4 is 5.91 Å². The molecule has 3 heteroatoms. The molecule has 0 radical (unpaired) electrons. The highest BCUT2D eigenvalue weighted by Crippen LogP contribution is 2.31. The number of hydrogen-bond acceptors (Lipinski definition) is 2. The Morgan fingerprint density at radius 1 is 1.35 bits per heavy atom. The summed E-state index contributed by atoms with van der Waals surface area (Å²) in [7, 11) is 3.67. The first kappa shape index (κ1) is 15.0. The van der Waals surface area contributed by atoms with Gasteiger partial charge >= 0.3 is 0 Å². The van der Waals surface area contributed by atoms with Crippen LogP contribution in [0.5, 0.6) is 0 Å². The van der Waals surface area contributed by atoms with Gasteiger partial charge in [0.25, 0.3) is 0 Å². The fourth-order valence-electron chi connectivity index (χ4n) is 3.00. The van der Waals surface area contributed by atoms with E-state index in [2.05, 4.69) is 43.4 Å². The molecule has 0 saturated carbocycles. The molecule has 3 nitrogen and oxygen atoms in total. The molecule has 2 rings (SSSR count). The van der Waals surface area contributed by atoms with Gasteiger partial charge in [0.05, 0.1) is 6.04 Å². The maximum absolute atomic E-state index is 12.3. The highest BCUT2D eigenvalue weighted by atomic mass is 16.2. The highest BCUT2D eigenvalue weighted by molar-refractivity contribution is 5.81. The molecule has 0 bridgehead atoms. The number of carbonyl (C=O) groups excluding carboxylic acids is 1. The number of amides is 1. The molecular formula is C17H26N2O. The molecule has 2 unspecified atom stereocenters. The zero-order valence-electron chi connectivity index (χ0n) is 13.0. The summed E-state index contributed by atoms with van der Waals surface area (Å²) in [5.41, 5.74) is 2.79. The van der Waals surface area contributed by atoms with Crippen molar-refractivity contribution in [1.29, 1.82) is 0 Å². The lowest BCUT2D eigenvalue weighted by atomic mass is 10.0. The monoisotopic (exact) mass is 274 g/mol. The number of fused-ring (bicyclic) bond motifs is 1. The van der Waals surface area contributed by atoms with Gasteiger partial charge in [0, 0.05) is 20.1 Å². The first-order chi connectivity index (χ1) is 9.49. The van der Waals surface area contributed by atoms with Crippen LogP contribution in [-0.2, 0) is 11.2 Å². The van der Waals surface area contributed by atoms with Crippen molar-refractivity contribution in [3.63, 3.8) is 0 Å². The second-order valence-corrected chi connectivity index (χ2v) is 6.37. The highest BCUT2D eigenvalue weighted by Gasteiger charge is 2.28. The Labute approximate surface area is 122 Å². The van der Waals surface area contributed by atoms with Crippen LogP contribution in [0, 0.1) is 5.92 Å². The van der Waals surface area contributed by atoms with Gasteiger partial charge < -0.3 is 4.90 Å². The summed E-state index contributed by atoms with van der Waals surface area (Å²) in [6.45, 7) is 4.33. The van der Waals surface area contributed by atoms with Gasteiger partial charge in [-0.1, -0.05) is 38.1 Å². The summed E-state index contributed by atoms with van der Waals surface area (Å²) < 4.78 is 0. The molecule has 20 heavy (non-hydrogen) atoms. The van der Waals surface area contributed by atoms with E-state index in [1.807, 2.05) is 14.1 Å². The van der Waals surface area contributed by atoms with E-state index < -0.39 is 0 Å². The minimum atomic E-state index is -0.0823. The van der Waals surface area contributed by atoms with Crippen molar-refractivity contribution < 1.29 is 4.79 Å². The Balaban J connectivity index is 2.11. The zero-order valence-corrected chi connectivity index (χ0v) is 13.0. The van der Waals surface area contributed by atoms with Crippen molar-refractivity contribution in [2.45, 2.75) is 45.2 Å². The number of nitrogens with one attached hydrogen (secondary N) is 1. The fraction of sp³-hybridized carbons (Fsp3) is 0.588. The quantitative estimate of drug-likeness (QED) is 0.895. The molecular weight excluding hydrogens is 248 g/mol. The van der Waals surface area contributed by atoms with E-state index in [-0.39, 0.29) is 11.9 Å². The largest absolute Gasteiger partial charge is 0.347 e. The predicted molar refractivity (Wildman–Crippen MR) is 82.6 cm³/mol. The Hall–Kier alpha value is -1.35. The van der Waals surface area contributed by atoms with Crippen LogP contribution in [0.2, 0.25) is 0 Å². The van der Waals surface area contributed by atoms with E-state index >= 15 is 0 Å². The summed E-state index contributed by atoms with van der Waals surface area (Å²) in [5.74, 6) is 0.691. The third-order valence-corrected chi connectivity index (χ3v) is 3.98. The molecule has 0 spiro atoms. The Morgan fingerprint density at radius 3 is 2.70 bits per heavy atom. The molecule has 0 fully saturated rings. The van der Waals surface area contributed by atoms with E-state index in [0.29, 0.717) is 12.0 Å². The van der Waals surface area contributed by atoms with Crippen molar-refractivity contribution in [2.75, 3.05) is 14.1 Å². The van der Waals surface area contributed by atoms with Gasteiger partial charge in [0.15, 0.2) is 0 Å². The summed E-state index contributed by atoms with van der Waals surface area (Å²) in [5, 5.41) is 3.59. The number of hydrogen-bond donors (Lipinski definition) is 1. The lowest BCUT2D eigenvalue weighted by Gasteiger charge is -2.26. The molecule has 1 aromatic carbocycles. The summed E-state index contributed by atoms with van der Waals surface area (Å²) in [6.07, 6.45) is 3.09. The maximum atomic E-state index is 12.3. The molecule has 0 heterocycles. The molecule has 0 aromatic heterocycles. The molecule has 1 amide bonds. The lowest BCUT2D eigenvalue weighted by Crippen LogP contribution is -2.45. The number of aryl methyl sites for hydroxylation is 1. The van der Waals surface area contributed by atoms with E-state index in [1.165, 1.54) is 11.1 Å². The number of rotatable bonds is 5. The second kappa shape index (κ2) is 6.40. The number of benzene rings is 1. The molecule has 0 aliphatic heterocycles. The predicted octanol–water partition coefficient (Wildman–Crippen LogP) is 2.77. The fourth-order valence-corrected chi connectivity index (χ4v) is 3.00. The Morgan fingerprint density at radius 2 is 2.05 bits per heavy atom. The van der Waals surface area contributed by atoms with Gasteiger partial charge in [0.1, 0.15) is 0 Å². The van der Waals surface area contributed by atoms with Crippen LogP contribution in [0.1, 0.15) is 43.9 Å². The smallest absolute Gasteiger partial charge is 0.239 e. The minimum absolute atomic E-state index is 0.0823. The van der Waals surface area contributed by atoms with Crippen LogP contribution in [-0.4, -0.2) is 30.9 Å². The molecule has 0 saturated heterocycles. The molecule has 1 aliphatic carbocycles. The van der Waals surface area contributed by atoms with Gasteiger partial charge in [-0.05, 0) is 36.3 Å². The normalized spacial score (nSPS) is 18.9. The van der Waals surface area contributed by atoms with Crippen molar-refractivity contribution in [3.8, 4) is 0 Å². The van der Waals surface area contributed by atoms with Crippen LogP contribution >= 0.6 is 0 Å². The standard InChI is InChI=1S/C17H26N2O/c1-12(2)11-16(17(20)19(3)4)18-15-10-9-13-7-5-6-8-14(13)15/h5-8,12,15-16,18H,9-11H2,1-4H3. The average molecular weight is 274 g/mol. The molecule has 1 aliphatic rings. The zero-order chi connectivity index (χ0) is 14.7. The summed E-state index contributed by atoms with van der Waals surface area (Å²) in [4.78, 5) is 14.0. The van der Waals surface area contributed by atoms with Crippen LogP contribution in [0.25, 0.3) is 0 Å². The minimum Gasteiger partial charge on any atom is -0.347 e. The molecule has 110 valence electrons. The Bertz CT molecular complexity index is 468. The molecule has 1 N–H and O–H groups in total. The van der Waals surface area contributed by atoms with Crippen LogP contribution in [0.4, 0.5) is 0 Å². The van der Waals surface area contributed by atoms with E-state index in [4.69, 9.17) is 0 Å². The van der Waals surface area contributed by atoms with Gasteiger partial charge in [-0.25, -0.2) is 0 Å². The Kier molecular flexibility index (Phi) is 4.81. The van der Waals surface area contributed by atoms with Crippen molar-refractivity contribution in [1.82, 2.24) is 10.2 Å². The number of nitrogens with zero attached hydrogens (tertiary/aromatic N) is 1. The van der Waals surface area contributed by atoms with Crippen molar-refractivity contribution in [2.24, 2.45) is 5.92 Å². The van der Waals surface area contributed by atoms with E-state index in [0.717, 1.165) is 19.3 Å². The van der Waals surface area contributed by atoms with Crippen LogP contribution in [0.3, 0.4) is 0 Å². The van der Waals surface area contributed by atoms with Crippen LogP contribution in [0.15, 0.2) is 24.3 Å². The first-order valence-electron chi connectivity index (χ1n) is 7.54. The number of carbonyl (C=O) groups is 1. The first-order valence-corrected chi connectivity index (χ1v) is 7.54. The van der Waals surface area contributed by atoms with Gasteiger partial charge in [-0.15, -0.1) is 0 Å². The van der Waals surface area contributed by atoms with Gasteiger partial charge in [-0.3, -0.25) is 10.1 Å². The van der Waals surface area contributed by atoms with Crippen LogP contribution < -0.4 is 5.32 Å². The third kappa shape index (κ3) is 3.40. The summed E-state index contributed by atoms with van der Waals surface area (Å²) in [6, 6.07) is 8.80. The SMILES string of the molecule is CC(C)CC(NC1CCc2ccccc21)C(=O)N(C)C.